The number of piperidine rings is 1. The molecule has 6 heteroatoms. The number of hydrogen-bond donors (Lipinski definition) is 1. The van der Waals surface area contributed by atoms with Crippen LogP contribution in [0.1, 0.15) is 30.4 Å². The lowest BCUT2D eigenvalue weighted by Crippen LogP contribution is -2.51. The predicted molar refractivity (Wildman–Crippen MR) is 107 cm³/mol. The number of rotatable bonds is 7. The Morgan fingerprint density at radius 2 is 1.44 bits per heavy atom. The molecular weight excluding hydrogens is 360 g/mol. The van der Waals surface area contributed by atoms with Gasteiger partial charge in [-0.05, 0) is 36.8 Å². The Bertz CT molecular complexity index is 832. The summed E-state index contributed by atoms with van der Waals surface area (Å²) in [5.74, 6) is -0.262. The third kappa shape index (κ3) is 5.91. The van der Waals surface area contributed by atoms with Crippen LogP contribution >= 0.6 is 0 Å². The molecule has 144 valence electrons. The van der Waals surface area contributed by atoms with Gasteiger partial charge in [-0.15, -0.1) is 0 Å². The Hall–Kier alpha value is -2.18. The number of carbonyl (C=O) groups is 1. The van der Waals surface area contributed by atoms with Gasteiger partial charge in [0.25, 0.3) is 0 Å². The summed E-state index contributed by atoms with van der Waals surface area (Å²) in [6.45, 7) is 1.40. The summed E-state index contributed by atoms with van der Waals surface area (Å²) in [5.41, 5.74) is 1.64. The molecule has 2 aromatic carbocycles. The van der Waals surface area contributed by atoms with E-state index in [9.17, 15) is 13.2 Å². The number of nitrogens with zero attached hydrogens (tertiary/aromatic N) is 1. The number of amides is 1. The minimum absolute atomic E-state index is 0.129. The molecule has 0 aromatic heterocycles. The molecule has 27 heavy (non-hydrogen) atoms. The van der Waals surface area contributed by atoms with Crippen molar-refractivity contribution in [3.8, 4) is 0 Å². The molecular formula is C21H26N2O3S. The van der Waals surface area contributed by atoms with Gasteiger partial charge < -0.3 is 4.90 Å². The molecule has 1 atom stereocenters. The molecule has 0 saturated carbocycles. The fourth-order valence-electron chi connectivity index (χ4n) is 3.42. The number of benzene rings is 2. The average Bonchev–Trinajstić information content (AvgIpc) is 2.68. The Morgan fingerprint density at radius 3 is 2.04 bits per heavy atom. The normalized spacial score (nSPS) is 16.1. The van der Waals surface area contributed by atoms with Crippen LogP contribution in [0, 0.1) is 0 Å². The fourth-order valence-corrected chi connectivity index (χ4v) is 4.75. The zero-order valence-electron chi connectivity index (χ0n) is 15.4. The van der Waals surface area contributed by atoms with Gasteiger partial charge in [0, 0.05) is 13.1 Å². The third-order valence-corrected chi connectivity index (χ3v) is 6.13. The molecule has 1 amide bonds. The van der Waals surface area contributed by atoms with Crippen molar-refractivity contribution in [1.29, 1.82) is 0 Å². The van der Waals surface area contributed by atoms with Crippen LogP contribution in [0.4, 0.5) is 0 Å². The molecule has 1 fully saturated rings. The molecule has 0 bridgehead atoms. The summed E-state index contributed by atoms with van der Waals surface area (Å²) < 4.78 is 28.1. The monoisotopic (exact) mass is 386 g/mol. The first-order valence-corrected chi connectivity index (χ1v) is 11.1. The molecule has 1 saturated heterocycles. The zero-order chi connectivity index (χ0) is 19.1. The maximum absolute atomic E-state index is 13.0. The van der Waals surface area contributed by atoms with Crippen molar-refractivity contribution in [3.63, 3.8) is 0 Å². The van der Waals surface area contributed by atoms with Crippen LogP contribution in [0.15, 0.2) is 60.7 Å². The fraction of sp³-hybridized carbons (Fsp3) is 0.381. The Balaban J connectivity index is 1.76. The molecule has 3 rings (SSSR count). The molecule has 1 aliphatic rings. The van der Waals surface area contributed by atoms with E-state index < -0.39 is 16.1 Å². The molecule has 1 heterocycles. The lowest BCUT2D eigenvalue weighted by atomic mass is 10.0. The standard InChI is InChI=1S/C21H26N2O3S/c24-21(23-14-8-3-9-15-23)20(16-18-10-4-1-5-11-18)22-27(25,26)17-19-12-6-2-7-13-19/h1-2,4-7,10-13,20,22H,3,8-9,14-17H2/t20-/m1/s1. The topological polar surface area (TPSA) is 66.5 Å². The summed E-state index contributed by atoms with van der Waals surface area (Å²) in [6.07, 6.45) is 3.41. The van der Waals surface area contributed by atoms with Gasteiger partial charge in [-0.1, -0.05) is 60.7 Å². The minimum Gasteiger partial charge on any atom is -0.341 e. The van der Waals surface area contributed by atoms with Gasteiger partial charge in [-0.2, -0.15) is 0 Å². The summed E-state index contributed by atoms with van der Waals surface area (Å²) in [7, 11) is -3.64. The first-order chi connectivity index (χ1) is 13.0. The van der Waals surface area contributed by atoms with Gasteiger partial charge in [0.05, 0.1) is 5.75 Å². The molecule has 0 aliphatic carbocycles. The number of carbonyl (C=O) groups excluding carboxylic acids is 1. The number of hydrogen-bond acceptors (Lipinski definition) is 3. The highest BCUT2D eigenvalue weighted by molar-refractivity contribution is 7.88. The van der Waals surface area contributed by atoms with Gasteiger partial charge >= 0.3 is 0 Å². The highest BCUT2D eigenvalue weighted by Crippen LogP contribution is 2.14. The van der Waals surface area contributed by atoms with Crippen molar-refractivity contribution in [2.24, 2.45) is 0 Å². The van der Waals surface area contributed by atoms with Gasteiger partial charge in [0.1, 0.15) is 6.04 Å². The van der Waals surface area contributed by atoms with Crippen LogP contribution in [0.25, 0.3) is 0 Å². The lowest BCUT2D eigenvalue weighted by molar-refractivity contribution is -0.133. The number of sulfonamides is 1. The second kappa shape index (κ2) is 9.15. The van der Waals surface area contributed by atoms with Gasteiger partial charge in [0.15, 0.2) is 0 Å². The quantitative estimate of drug-likeness (QED) is 0.796. The number of nitrogens with one attached hydrogen (secondary N) is 1. The van der Waals surface area contributed by atoms with E-state index in [4.69, 9.17) is 0 Å². The van der Waals surface area contributed by atoms with E-state index in [2.05, 4.69) is 4.72 Å². The maximum atomic E-state index is 13.0. The van der Waals surface area contributed by atoms with Crippen LogP contribution < -0.4 is 4.72 Å². The van der Waals surface area contributed by atoms with E-state index in [1.807, 2.05) is 48.5 Å². The van der Waals surface area contributed by atoms with Crippen molar-refractivity contribution < 1.29 is 13.2 Å². The molecule has 5 nitrogen and oxygen atoms in total. The molecule has 1 N–H and O–H groups in total. The minimum atomic E-state index is -3.64. The smallest absolute Gasteiger partial charge is 0.241 e. The van der Waals surface area contributed by atoms with Crippen LogP contribution in [0.2, 0.25) is 0 Å². The Morgan fingerprint density at radius 1 is 0.889 bits per heavy atom. The molecule has 1 aliphatic heterocycles. The first kappa shape index (κ1) is 19.6. The van der Waals surface area contributed by atoms with E-state index in [0.29, 0.717) is 25.1 Å². The van der Waals surface area contributed by atoms with E-state index >= 15 is 0 Å². The van der Waals surface area contributed by atoms with Crippen molar-refractivity contribution in [2.75, 3.05) is 13.1 Å². The number of likely N-dealkylation sites (tertiary alicyclic amines) is 1. The SMILES string of the molecule is O=C([C@@H](Cc1ccccc1)NS(=O)(=O)Cc1ccccc1)N1CCCCC1. The lowest BCUT2D eigenvalue weighted by Gasteiger charge is -2.30. The van der Waals surface area contributed by atoms with Crippen molar-refractivity contribution >= 4 is 15.9 Å². The highest BCUT2D eigenvalue weighted by Gasteiger charge is 2.29. The Labute approximate surface area is 161 Å². The molecule has 0 radical (unpaired) electrons. The molecule has 0 spiro atoms. The van der Waals surface area contributed by atoms with Gasteiger partial charge in [0.2, 0.25) is 15.9 Å². The summed E-state index contributed by atoms with van der Waals surface area (Å²) in [6, 6.07) is 17.8. The van der Waals surface area contributed by atoms with E-state index in [1.165, 1.54) is 0 Å². The van der Waals surface area contributed by atoms with Crippen LogP contribution in [0.5, 0.6) is 0 Å². The van der Waals surface area contributed by atoms with Crippen LogP contribution in [-0.4, -0.2) is 38.4 Å². The average molecular weight is 387 g/mol. The largest absolute Gasteiger partial charge is 0.341 e. The summed E-state index contributed by atoms with van der Waals surface area (Å²) >= 11 is 0. The van der Waals surface area contributed by atoms with Gasteiger partial charge in [-0.25, -0.2) is 13.1 Å². The second-order valence-corrected chi connectivity index (χ2v) is 8.74. The van der Waals surface area contributed by atoms with E-state index in [0.717, 1.165) is 24.8 Å². The van der Waals surface area contributed by atoms with Crippen molar-refractivity contribution in [2.45, 2.75) is 37.5 Å². The maximum Gasteiger partial charge on any atom is 0.241 e. The van der Waals surface area contributed by atoms with Crippen molar-refractivity contribution in [3.05, 3.63) is 71.8 Å². The van der Waals surface area contributed by atoms with Crippen molar-refractivity contribution in [1.82, 2.24) is 9.62 Å². The first-order valence-electron chi connectivity index (χ1n) is 9.40. The predicted octanol–water partition coefficient (Wildman–Crippen LogP) is 2.73. The zero-order valence-corrected chi connectivity index (χ0v) is 16.2. The third-order valence-electron chi connectivity index (χ3n) is 4.77. The van der Waals surface area contributed by atoms with E-state index in [-0.39, 0.29) is 11.7 Å². The Kier molecular flexibility index (Phi) is 6.63. The summed E-state index contributed by atoms with van der Waals surface area (Å²) in [4.78, 5) is 14.8. The van der Waals surface area contributed by atoms with Gasteiger partial charge in [-0.3, -0.25) is 4.79 Å². The van der Waals surface area contributed by atoms with E-state index in [1.54, 1.807) is 17.0 Å². The summed E-state index contributed by atoms with van der Waals surface area (Å²) in [5, 5.41) is 0. The highest BCUT2D eigenvalue weighted by atomic mass is 32.2. The second-order valence-electron chi connectivity index (χ2n) is 6.99. The molecule has 0 unspecified atom stereocenters. The van der Waals surface area contributed by atoms with Crippen LogP contribution in [-0.2, 0) is 27.0 Å². The molecule has 2 aromatic rings. The van der Waals surface area contributed by atoms with Crippen LogP contribution in [0.3, 0.4) is 0 Å².